The Hall–Kier alpha value is -2.84. The van der Waals surface area contributed by atoms with Crippen LogP contribution in [0, 0.1) is 5.92 Å². The molecular formula is C26H31ClN4O3S. The normalized spacial score (nSPS) is 12.9. The second kappa shape index (κ2) is 12.2. The van der Waals surface area contributed by atoms with E-state index in [0.717, 1.165) is 0 Å². The van der Waals surface area contributed by atoms with E-state index in [1.807, 2.05) is 36.6 Å². The number of carbonyl (C=O) groups excluding carboxylic acids is 2. The third kappa shape index (κ3) is 7.08. The second-order valence-corrected chi connectivity index (χ2v) is 10.3. The van der Waals surface area contributed by atoms with E-state index in [2.05, 4.69) is 29.4 Å². The van der Waals surface area contributed by atoms with Gasteiger partial charge in [-0.3, -0.25) is 9.59 Å². The highest BCUT2D eigenvalue weighted by Gasteiger charge is 2.26. The largest absolute Gasteiger partial charge is 0.481 e. The first-order chi connectivity index (χ1) is 16.7. The number of ketones is 1. The molecule has 2 atom stereocenters. The van der Waals surface area contributed by atoms with Gasteiger partial charge in [0.25, 0.3) is 0 Å². The zero-order valence-corrected chi connectivity index (χ0v) is 22.2. The minimum atomic E-state index is -0.390. The van der Waals surface area contributed by atoms with E-state index in [-0.39, 0.29) is 11.7 Å². The van der Waals surface area contributed by atoms with Crippen molar-refractivity contribution in [3.63, 3.8) is 0 Å². The van der Waals surface area contributed by atoms with Gasteiger partial charge in [0.1, 0.15) is 5.75 Å². The first kappa shape index (κ1) is 26.8. The molecule has 9 heteroatoms. The Labute approximate surface area is 215 Å². The maximum atomic E-state index is 13.1. The van der Waals surface area contributed by atoms with Gasteiger partial charge in [-0.2, -0.15) is 0 Å². The van der Waals surface area contributed by atoms with Gasteiger partial charge in [0.2, 0.25) is 5.91 Å². The maximum Gasteiger partial charge on any atom is 0.237 e. The van der Waals surface area contributed by atoms with Gasteiger partial charge in [0.05, 0.1) is 10.3 Å². The first-order valence-corrected chi connectivity index (χ1v) is 12.9. The van der Waals surface area contributed by atoms with Crippen molar-refractivity contribution >= 4 is 40.7 Å². The topological polar surface area (TPSA) is 86.1 Å². The molecule has 2 unspecified atom stereocenters. The molecule has 0 saturated heterocycles. The number of nitrogens with zero attached hydrogens (tertiary/aromatic N) is 3. The number of hydrogen-bond donors (Lipinski definition) is 1. The van der Waals surface area contributed by atoms with Crippen LogP contribution in [0.2, 0.25) is 5.02 Å². The molecule has 0 fully saturated rings. The molecule has 1 N–H and O–H groups in total. The molecule has 7 nitrogen and oxygen atoms in total. The molecule has 3 aromatic rings. The van der Waals surface area contributed by atoms with Crippen LogP contribution >= 0.6 is 23.4 Å². The number of thioether (sulfide) groups is 1. The Morgan fingerprint density at radius 3 is 2.51 bits per heavy atom. The van der Waals surface area contributed by atoms with Gasteiger partial charge in [-0.05, 0) is 50.5 Å². The van der Waals surface area contributed by atoms with Crippen molar-refractivity contribution in [2.75, 3.05) is 5.32 Å². The van der Waals surface area contributed by atoms with Crippen molar-refractivity contribution in [2.45, 2.75) is 64.1 Å². The summed E-state index contributed by atoms with van der Waals surface area (Å²) in [6.07, 6.45) is 0.206. The molecule has 0 spiro atoms. The lowest BCUT2D eigenvalue weighted by atomic mass is 10.1. The number of benzene rings is 2. The lowest BCUT2D eigenvalue weighted by Crippen LogP contribution is -2.25. The van der Waals surface area contributed by atoms with E-state index in [4.69, 9.17) is 16.3 Å². The summed E-state index contributed by atoms with van der Waals surface area (Å²) in [7, 11) is 0. The molecule has 0 aliphatic carbocycles. The van der Waals surface area contributed by atoms with E-state index in [0.29, 0.717) is 51.9 Å². The van der Waals surface area contributed by atoms with Gasteiger partial charge in [-0.15, -0.1) is 10.2 Å². The van der Waals surface area contributed by atoms with E-state index in [1.54, 1.807) is 30.3 Å². The minimum absolute atomic E-state index is 0.0510. The van der Waals surface area contributed by atoms with Crippen LogP contribution in [0.1, 0.15) is 63.3 Å². The number of rotatable bonds is 11. The first-order valence-electron chi connectivity index (χ1n) is 11.6. The Kier molecular flexibility index (Phi) is 9.34. The third-order valence-electron chi connectivity index (χ3n) is 5.24. The average molecular weight is 515 g/mol. The zero-order valence-electron chi connectivity index (χ0n) is 20.6. The lowest BCUT2D eigenvalue weighted by Gasteiger charge is -2.19. The number of anilines is 1. The molecule has 0 saturated carbocycles. The number of carbonyl (C=O) groups is 2. The van der Waals surface area contributed by atoms with Crippen LogP contribution in [-0.4, -0.2) is 31.7 Å². The molecule has 0 aliphatic rings. The Morgan fingerprint density at radius 2 is 1.86 bits per heavy atom. The quantitative estimate of drug-likeness (QED) is 0.234. The summed E-state index contributed by atoms with van der Waals surface area (Å²) >= 11 is 7.64. The van der Waals surface area contributed by atoms with Crippen molar-refractivity contribution in [3.8, 4) is 5.75 Å². The summed E-state index contributed by atoms with van der Waals surface area (Å²) in [6.45, 7) is 10.3. The zero-order chi connectivity index (χ0) is 25.5. The number of para-hydroxylation sites is 1. The molecule has 1 heterocycles. The number of Topliss-reactive ketones (excluding diaryl/α,β-unsaturated/α-hetero) is 1. The molecule has 3 rings (SSSR count). The Morgan fingerprint density at radius 1 is 1.11 bits per heavy atom. The standard InChI is InChI=1S/C26H31ClN4O3S/c1-6-23(25(33)28-20-11-9-10-19(14-20)17(4)32)35-26-30-29-24(31(26)15-16(2)3)18(5)34-22-13-8-7-12-21(22)27/h7-14,16,18,23H,6,15H2,1-5H3,(H,28,33). The molecule has 1 amide bonds. The monoisotopic (exact) mass is 514 g/mol. The summed E-state index contributed by atoms with van der Waals surface area (Å²) in [5.41, 5.74) is 1.14. The molecule has 2 aromatic carbocycles. The number of ether oxygens (including phenoxy) is 1. The molecule has 1 aromatic heterocycles. The average Bonchev–Trinajstić information content (AvgIpc) is 3.20. The third-order valence-corrected chi connectivity index (χ3v) is 6.90. The Balaban J connectivity index is 1.80. The SMILES string of the molecule is CCC(Sc1nnc(C(C)Oc2ccccc2Cl)n1CC(C)C)C(=O)Nc1cccc(C(C)=O)c1. The van der Waals surface area contributed by atoms with Crippen molar-refractivity contribution in [2.24, 2.45) is 5.92 Å². The molecule has 0 aliphatic heterocycles. The second-order valence-electron chi connectivity index (χ2n) is 8.68. The van der Waals surface area contributed by atoms with Gasteiger partial charge in [-0.25, -0.2) is 0 Å². The summed E-state index contributed by atoms with van der Waals surface area (Å²) in [5, 5.41) is 12.5. The van der Waals surface area contributed by atoms with Crippen LogP contribution < -0.4 is 10.1 Å². The van der Waals surface area contributed by atoms with Crippen molar-refractivity contribution in [3.05, 3.63) is 64.9 Å². The number of nitrogens with one attached hydrogen (secondary N) is 1. The lowest BCUT2D eigenvalue weighted by molar-refractivity contribution is -0.115. The minimum Gasteiger partial charge on any atom is -0.481 e. The fourth-order valence-electron chi connectivity index (χ4n) is 3.50. The fourth-order valence-corrected chi connectivity index (χ4v) is 4.65. The highest BCUT2D eigenvalue weighted by molar-refractivity contribution is 8.00. The van der Waals surface area contributed by atoms with Crippen LogP contribution in [-0.2, 0) is 11.3 Å². The van der Waals surface area contributed by atoms with Crippen molar-refractivity contribution in [1.29, 1.82) is 0 Å². The summed E-state index contributed by atoms with van der Waals surface area (Å²) < 4.78 is 8.10. The Bertz CT molecular complexity index is 1180. The van der Waals surface area contributed by atoms with Gasteiger partial charge in [0, 0.05) is 17.8 Å². The van der Waals surface area contributed by atoms with E-state index < -0.39 is 11.4 Å². The molecular weight excluding hydrogens is 484 g/mol. The van der Waals surface area contributed by atoms with Gasteiger partial charge in [-0.1, -0.05) is 68.4 Å². The predicted octanol–water partition coefficient (Wildman–Crippen LogP) is 6.44. The maximum absolute atomic E-state index is 13.1. The van der Waals surface area contributed by atoms with E-state index >= 15 is 0 Å². The number of aromatic nitrogens is 3. The number of amides is 1. The summed E-state index contributed by atoms with van der Waals surface area (Å²) in [5.74, 6) is 1.38. The van der Waals surface area contributed by atoms with Crippen LogP contribution in [0.5, 0.6) is 5.75 Å². The van der Waals surface area contributed by atoms with Crippen LogP contribution in [0.4, 0.5) is 5.69 Å². The van der Waals surface area contributed by atoms with Gasteiger partial charge < -0.3 is 14.6 Å². The van der Waals surface area contributed by atoms with Crippen molar-refractivity contribution < 1.29 is 14.3 Å². The smallest absolute Gasteiger partial charge is 0.237 e. The van der Waals surface area contributed by atoms with Crippen LogP contribution in [0.15, 0.2) is 53.7 Å². The van der Waals surface area contributed by atoms with Gasteiger partial charge in [0.15, 0.2) is 22.9 Å². The van der Waals surface area contributed by atoms with Crippen LogP contribution in [0.3, 0.4) is 0 Å². The highest BCUT2D eigenvalue weighted by Crippen LogP contribution is 2.31. The molecule has 35 heavy (non-hydrogen) atoms. The molecule has 0 radical (unpaired) electrons. The van der Waals surface area contributed by atoms with Crippen molar-refractivity contribution in [1.82, 2.24) is 14.8 Å². The van der Waals surface area contributed by atoms with Gasteiger partial charge >= 0.3 is 0 Å². The summed E-state index contributed by atoms with van der Waals surface area (Å²) in [4.78, 5) is 24.7. The number of halogens is 1. The summed E-state index contributed by atoms with van der Waals surface area (Å²) in [6, 6.07) is 14.3. The predicted molar refractivity (Wildman–Crippen MR) is 140 cm³/mol. The van der Waals surface area contributed by atoms with Crippen LogP contribution in [0.25, 0.3) is 0 Å². The highest BCUT2D eigenvalue weighted by atomic mass is 35.5. The molecule has 186 valence electrons. The van der Waals surface area contributed by atoms with E-state index in [1.165, 1.54) is 18.7 Å². The fraction of sp³-hybridized carbons (Fsp3) is 0.385. The molecule has 0 bridgehead atoms. The number of hydrogen-bond acceptors (Lipinski definition) is 6. The van der Waals surface area contributed by atoms with E-state index in [9.17, 15) is 9.59 Å².